The molecule has 2 amide bonds. The smallest absolute Gasteiger partial charge is 0.323 e. The summed E-state index contributed by atoms with van der Waals surface area (Å²) in [6.45, 7) is 1.77. The number of aryl methyl sites for hydroxylation is 2. The molecule has 2 heterocycles. The topological polar surface area (TPSA) is 97.9 Å². The highest BCUT2D eigenvalue weighted by molar-refractivity contribution is 6.02. The molecule has 1 aliphatic rings. The van der Waals surface area contributed by atoms with E-state index in [1.54, 1.807) is 17.7 Å². The number of nitrogens with one attached hydrogen (secondary N) is 2. The van der Waals surface area contributed by atoms with E-state index in [1.165, 1.54) is 12.1 Å². The minimum atomic E-state index is -0.443. The zero-order chi connectivity index (χ0) is 22.4. The molecule has 0 saturated heterocycles. The first-order valence-corrected chi connectivity index (χ1v) is 10.5. The van der Waals surface area contributed by atoms with Crippen LogP contribution in [0.2, 0.25) is 0 Å². The van der Waals surface area contributed by atoms with Gasteiger partial charge in [-0.15, -0.1) is 0 Å². The van der Waals surface area contributed by atoms with Gasteiger partial charge in [0.05, 0.1) is 5.39 Å². The normalized spacial score (nSPS) is 13.3. The van der Waals surface area contributed by atoms with Crippen molar-refractivity contribution in [1.82, 2.24) is 14.8 Å². The maximum atomic E-state index is 13.5. The SMILES string of the molecule is Cc1cc(F)cc(NC(=O)Nc2ccc(-c3cc(C4CC4)nc4c3c(N)nn4C)cc2)c1. The van der Waals surface area contributed by atoms with Crippen molar-refractivity contribution in [2.45, 2.75) is 25.7 Å². The van der Waals surface area contributed by atoms with E-state index >= 15 is 0 Å². The fourth-order valence-electron chi connectivity index (χ4n) is 3.95. The molecule has 1 saturated carbocycles. The Hall–Kier alpha value is -3.94. The number of carbonyl (C=O) groups excluding carboxylic acids is 1. The summed E-state index contributed by atoms with van der Waals surface area (Å²) in [5.41, 5.74) is 11.7. The number of anilines is 3. The first kappa shape index (κ1) is 20.0. The van der Waals surface area contributed by atoms with E-state index in [0.29, 0.717) is 23.1 Å². The number of hydrogen-bond acceptors (Lipinski definition) is 4. The van der Waals surface area contributed by atoms with Crippen LogP contribution in [0.5, 0.6) is 0 Å². The lowest BCUT2D eigenvalue weighted by atomic mass is 10.0. The number of nitrogens with two attached hydrogens (primary N) is 1. The predicted molar refractivity (Wildman–Crippen MR) is 124 cm³/mol. The van der Waals surface area contributed by atoms with Crippen molar-refractivity contribution in [3.8, 4) is 11.1 Å². The molecule has 8 heteroatoms. The number of amides is 2. The van der Waals surface area contributed by atoms with Gasteiger partial charge in [0.15, 0.2) is 11.5 Å². The summed E-state index contributed by atoms with van der Waals surface area (Å²) in [6.07, 6.45) is 2.29. The zero-order valence-corrected chi connectivity index (χ0v) is 17.8. The number of benzene rings is 2. The van der Waals surface area contributed by atoms with Crippen molar-refractivity contribution in [3.05, 3.63) is 65.6 Å². The van der Waals surface area contributed by atoms with E-state index in [-0.39, 0.29) is 0 Å². The fraction of sp³-hybridized carbons (Fsp3) is 0.208. The molecule has 4 aromatic rings. The molecule has 2 aromatic heterocycles. The lowest BCUT2D eigenvalue weighted by Crippen LogP contribution is -2.19. The molecule has 7 nitrogen and oxygen atoms in total. The Morgan fingerprint density at radius 2 is 1.81 bits per heavy atom. The highest BCUT2D eigenvalue weighted by atomic mass is 19.1. The fourth-order valence-corrected chi connectivity index (χ4v) is 3.95. The van der Waals surface area contributed by atoms with Gasteiger partial charge < -0.3 is 16.4 Å². The maximum Gasteiger partial charge on any atom is 0.323 e. The molecule has 0 unspecified atom stereocenters. The third-order valence-corrected chi connectivity index (χ3v) is 5.59. The molecule has 0 aliphatic heterocycles. The van der Waals surface area contributed by atoms with Gasteiger partial charge in [-0.3, -0.25) is 0 Å². The molecule has 0 spiro atoms. The quantitative estimate of drug-likeness (QED) is 0.415. The second-order valence-corrected chi connectivity index (χ2v) is 8.25. The van der Waals surface area contributed by atoms with E-state index in [9.17, 15) is 9.18 Å². The molecular formula is C24H23FN6O. The third kappa shape index (κ3) is 3.87. The Balaban J connectivity index is 1.40. The molecular weight excluding hydrogens is 407 g/mol. The Morgan fingerprint density at radius 3 is 2.50 bits per heavy atom. The summed E-state index contributed by atoms with van der Waals surface area (Å²) < 4.78 is 15.3. The summed E-state index contributed by atoms with van der Waals surface area (Å²) in [5.74, 6) is 0.540. The monoisotopic (exact) mass is 430 g/mol. The van der Waals surface area contributed by atoms with Crippen molar-refractivity contribution in [1.29, 1.82) is 0 Å². The van der Waals surface area contributed by atoms with Crippen LogP contribution in [-0.4, -0.2) is 20.8 Å². The van der Waals surface area contributed by atoms with Gasteiger partial charge in [-0.25, -0.2) is 18.9 Å². The van der Waals surface area contributed by atoms with Crippen LogP contribution in [0.15, 0.2) is 48.5 Å². The van der Waals surface area contributed by atoms with Gasteiger partial charge >= 0.3 is 6.03 Å². The van der Waals surface area contributed by atoms with Gasteiger partial charge in [0, 0.05) is 30.0 Å². The van der Waals surface area contributed by atoms with Crippen LogP contribution in [0.1, 0.15) is 30.0 Å². The summed E-state index contributed by atoms with van der Waals surface area (Å²) in [4.78, 5) is 17.1. The molecule has 32 heavy (non-hydrogen) atoms. The second kappa shape index (κ2) is 7.64. The van der Waals surface area contributed by atoms with Gasteiger partial charge in [0.1, 0.15) is 5.82 Å². The Kier molecular flexibility index (Phi) is 4.77. The standard InChI is InChI=1S/C24H23FN6O/c1-13-9-16(25)11-18(10-13)28-24(32)27-17-7-5-14(6-8-17)19-12-20(15-3-4-15)29-23-21(19)22(26)30-31(23)2/h5-12,15H,3-4H2,1-2H3,(H2,26,30)(H2,27,28,32). The number of fused-ring (bicyclic) bond motifs is 1. The summed E-state index contributed by atoms with van der Waals surface area (Å²) in [7, 11) is 1.85. The maximum absolute atomic E-state index is 13.5. The Labute approximate surface area is 184 Å². The largest absolute Gasteiger partial charge is 0.382 e. The molecule has 162 valence electrons. The van der Waals surface area contributed by atoms with Crippen molar-refractivity contribution >= 4 is 34.3 Å². The first-order valence-electron chi connectivity index (χ1n) is 10.5. The number of nitrogens with zero attached hydrogens (tertiary/aromatic N) is 3. The zero-order valence-electron chi connectivity index (χ0n) is 17.8. The lowest BCUT2D eigenvalue weighted by Gasteiger charge is -2.11. The van der Waals surface area contributed by atoms with Crippen LogP contribution < -0.4 is 16.4 Å². The van der Waals surface area contributed by atoms with E-state index in [0.717, 1.165) is 46.3 Å². The van der Waals surface area contributed by atoms with Gasteiger partial charge in [0.2, 0.25) is 0 Å². The van der Waals surface area contributed by atoms with Crippen LogP contribution in [0, 0.1) is 12.7 Å². The number of rotatable bonds is 4. The molecule has 1 fully saturated rings. The number of urea groups is 1. The van der Waals surface area contributed by atoms with E-state index in [2.05, 4.69) is 21.8 Å². The van der Waals surface area contributed by atoms with Crippen LogP contribution in [-0.2, 0) is 7.05 Å². The molecule has 1 aliphatic carbocycles. The molecule has 0 radical (unpaired) electrons. The average molecular weight is 430 g/mol. The minimum Gasteiger partial charge on any atom is -0.382 e. The minimum absolute atomic E-state index is 0.395. The highest BCUT2D eigenvalue weighted by Crippen LogP contribution is 2.42. The summed E-state index contributed by atoms with van der Waals surface area (Å²) in [5, 5.41) is 10.6. The van der Waals surface area contributed by atoms with Crippen molar-refractivity contribution in [2.75, 3.05) is 16.4 Å². The molecule has 5 rings (SSSR count). The average Bonchev–Trinajstić information content (AvgIpc) is 3.53. The van der Waals surface area contributed by atoms with Crippen LogP contribution in [0.4, 0.5) is 26.4 Å². The Morgan fingerprint density at radius 1 is 1.09 bits per heavy atom. The second-order valence-electron chi connectivity index (χ2n) is 8.25. The van der Waals surface area contributed by atoms with Crippen molar-refractivity contribution in [3.63, 3.8) is 0 Å². The molecule has 0 bridgehead atoms. The van der Waals surface area contributed by atoms with E-state index in [1.807, 2.05) is 31.3 Å². The number of carbonyl (C=O) groups is 1. The number of pyridine rings is 1. The summed E-state index contributed by atoms with van der Waals surface area (Å²) in [6, 6.07) is 13.5. The van der Waals surface area contributed by atoms with Crippen molar-refractivity contribution < 1.29 is 9.18 Å². The van der Waals surface area contributed by atoms with Crippen LogP contribution in [0.25, 0.3) is 22.2 Å². The number of hydrogen-bond donors (Lipinski definition) is 3. The number of halogens is 1. The predicted octanol–water partition coefficient (Wildman–Crippen LogP) is 5.19. The Bertz CT molecular complexity index is 1320. The molecule has 4 N–H and O–H groups in total. The number of aromatic nitrogens is 3. The van der Waals surface area contributed by atoms with E-state index < -0.39 is 11.8 Å². The first-order chi connectivity index (χ1) is 15.4. The number of nitrogen functional groups attached to an aromatic ring is 1. The molecule has 0 atom stereocenters. The van der Waals surface area contributed by atoms with E-state index in [4.69, 9.17) is 10.7 Å². The van der Waals surface area contributed by atoms with Gasteiger partial charge in [0.25, 0.3) is 0 Å². The third-order valence-electron chi connectivity index (χ3n) is 5.59. The molecule has 2 aromatic carbocycles. The van der Waals surface area contributed by atoms with Crippen LogP contribution in [0.3, 0.4) is 0 Å². The summed E-state index contributed by atoms with van der Waals surface area (Å²) >= 11 is 0. The lowest BCUT2D eigenvalue weighted by molar-refractivity contribution is 0.262. The highest BCUT2D eigenvalue weighted by Gasteiger charge is 2.27. The van der Waals surface area contributed by atoms with Crippen LogP contribution >= 0.6 is 0 Å². The van der Waals surface area contributed by atoms with Gasteiger partial charge in [-0.2, -0.15) is 5.10 Å². The van der Waals surface area contributed by atoms with Gasteiger partial charge in [-0.1, -0.05) is 12.1 Å². The van der Waals surface area contributed by atoms with Gasteiger partial charge in [-0.05, 0) is 72.9 Å². The van der Waals surface area contributed by atoms with Crippen molar-refractivity contribution in [2.24, 2.45) is 7.05 Å².